The molecule has 0 aliphatic carbocycles. The summed E-state index contributed by atoms with van der Waals surface area (Å²) in [6, 6.07) is 15.4. The number of rotatable bonds is 13. The van der Waals surface area contributed by atoms with Crippen molar-refractivity contribution in [3.8, 4) is 17.2 Å². The predicted molar refractivity (Wildman–Crippen MR) is 201 cm³/mol. The number of hydrogen-bond acceptors (Lipinski definition) is 8. The molecule has 2 aliphatic heterocycles. The number of nitrogens with zero attached hydrogens (tertiary/aromatic N) is 2. The number of H-pyrrole nitrogens is 1. The van der Waals surface area contributed by atoms with Crippen molar-refractivity contribution in [3.05, 3.63) is 88.6 Å². The van der Waals surface area contributed by atoms with Crippen LogP contribution in [0.25, 0.3) is 10.9 Å². The molecule has 0 radical (unpaired) electrons. The SMILES string of the molecule is COc1cc(C(=O)N2CC3CN(C(=O)Cc4c[nH]c5cc(Cl)ccc45)CC(C(=O)N[C@H](C(=O)O)[C@H](C)OCc4cccc(O)c4)C3C2)ccc1OC(C)C. The predicted octanol–water partition coefficient (Wildman–Crippen LogP) is 4.89. The lowest BCUT2D eigenvalue weighted by Crippen LogP contribution is -2.57. The minimum Gasteiger partial charge on any atom is -0.508 e. The van der Waals surface area contributed by atoms with E-state index in [1.54, 1.807) is 65.4 Å². The number of carbonyl (C=O) groups is 4. The number of aromatic amines is 1. The Bertz CT molecular complexity index is 2030. The van der Waals surface area contributed by atoms with Crippen LogP contribution < -0.4 is 14.8 Å². The maximum Gasteiger partial charge on any atom is 0.328 e. The monoisotopic (exact) mass is 760 g/mol. The zero-order valence-corrected chi connectivity index (χ0v) is 31.3. The van der Waals surface area contributed by atoms with Crippen molar-refractivity contribution in [2.75, 3.05) is 33.3 Å². The third-order valence-corrected chi connectivity index (χ3v) is 10.4. The van der Waals surface area contributed by atoms with Crippen LogP contribution in [0.3, 0.4) is 0 Å². The Morgan fingerprint density at radius 3 is 2.46 bits per heavy atom. The van der Waals surface area contributed by atoms with E-state index in [4.69, 9.17) is 25.8 Å². The maximum atomic E-state index is 14.2. The first kappa shape index (κ1) is 38.5. The van der Waals surface area contributed by atoms with E-state index in [9.17, 15) is 29.4 Å². The molecule has 0 spiro atoms. The van der Waals surface area contributed by atoms with Crippen LogP contribution >= 0.6 is 11.6 Å². The fraction of sp³-hybridized carbons (Fsp3) is 0.400. The molecule has 54 heavy (non-hydrogen) atoms. The number of methoxy groups -OCH3 is 1. The van der Waals surface area contributed by atoms with Crippen LogP contribution in [-0.4, -0.2) is 100 Å². The Kier molecular flexibility index (Phi) is 11.7. The van der Waals surface area contributed by atoms with Gasteiger partial charge in [0.05, 0.1) is 38.3 Å². The van der Waals surface area contributed by atoms with Gasteiger partial charge in [-0.15, -0.1) is 0 Å². The van der Waals surface area contributed by atoms with E-state index in [1.807, 2.05) is 19.9 Å². The molecule has 3 heterocycles. The van der Waals surface area contributed by atoms with Crippen LogP contribution in [0.2, 0.25) is 5.02 Å². The van der Waals surface area contributed by atoms with Crippen molar-refractivity contribution in [2.24, 2.45) is 17.8 Å². The van der Waals surface area contributed by atoms with E-state index >= 15 is 0 Å². The average molecular weight is 761 g/mol. The van der Waals surface area contributed by atoms with Crippen LogP contribution in [0.4, 0.5) is 0 Å². The number of likely N-dealkylation sites (tertiary alicyclic amines) is 2. The Morgan fingerprint density at radius 1 is 0.963 bits per heavy atom. The Labute approximate surface area is 318 Å². The fourth-order valence-electron chi connectivity index (χ4n) is 7.45. The number of nitrogens with one attached hydrogen (secondary N) is 2. The van der Waals surface area contributed by atoms with Gasteiger partial charge in [0.15, 0.2) is 17.5 Å². The lowest BCUT2D eigenvalue weighted by atomic mass is 9.79. The molecule has 14 heteroatoms. The lowest BCUT2D eigenvalue weighted by molar-refractivity contribution is -0.149. The van der Waals surface area contributed by atoms with Crippen LogP contribution in [0.1, 0.15) is 42.3 Å². The lowest BCUT2D eigenvalue weighted by Gasteiger charge is -2.40. The summed E-state index contributed by atoms with van der Waals surface area (Å²) < 4.78 is 17.2. The van der Waals surface area contributed by atoms with Gasteiger partial charge in [0.25, 0.3) is 5.91 Å². The van der Waals surface area contributed by atoms with Crippen molar-refractivity contribution in [3.63, 3.8) is 0 Å². The largest absolute Gasteiger partial charge is 0.508 e. The van der Waals surface area contributed by atoms with Gasteiger partial charge in [-0.1, -0.05) is 29.8 Å². The number of carboxylic acid groups (broad SMARTS) is 1. The minimum absolute atomic E-state index is 0.0120. The van der Waals surface area contributed by atoms with E-state index in [1.165, 1.54) is 19.2 Å². The van der Waals surface area contributed by atoms with Gasteiger partial charge in [0, 0.05) is 53.9 Å². The van der Waals surface area contributed by atoms with Gasteiger partial charge in [0.2, 0.25) is 11.8 Å². The van der Waals surface area contributed by atoms with Gasteiger partial charge in [-0.25, -0.2) is 4.79 Å². The Morgan fingerprint density at radius 2 is 1.74 bits per heavy atom. The highest BCUT2D eigenvalue weighted by atomic mass is 35.5. The molecule has 13 nitrogen and oxygen atoms in total. The number of carboxylic acids is 1. The zero-order chi connectivity index (χ0) is 38.7. The molecular weight excluding hydrogens is 716 g/mol. The number of aliphatic carboxylic acids is 1. The molecule has 286 valence electrons. The van der Waals surface area contributed by atoms with E-state index in [0.29, 0.717) is 40.7 Å². The summed E-state index contributed by atoms with van der Waals surface area (Å²) in [6.45, 7) is 6.25. The second kappa shape index (κ2) is 16.4. The summed E-state index contributed by atoms with van der Waals surface area (Å²) in [5.41, 5.74) is 2.60. The molecule has 3 aromatic carbocycles. The molecule has 3 unspecified atom stereocenters. The van der Waals surface area contributed by atoms with E-state index < -0.39 is 29.9 Å². The second-order valence-corrected chi connectivity index (χ2v) is 14.7. The summed E-state index contributed by atoms with van der Waals surface area (Å²) in [5.74, 6) is -2.73. The third kappa shape index (κ3) is 8.58. The van der Waals surface area contributed by atoms with Gasteiger partial charge in [-0.3, -0.25) is 14.4 Å². The standard InChI is InChI=1S/C40H45ClN4O9/c1-22(2)54-34-11-8-25(13-35(34)52-4)39(49)45-18-27-17-44(36(47)14-26-16-42-33-15-28(41)9-10-30(26)33)20-32(31(27)19-45)38(48)43-37(40(50)51)23(3)53-21-24-6-5-7-29(46)12-24/h5-13,15-16,22-23,27,31-32,37,42,46H,14,17-21H2,1-4H3,(H,43,48)(H,50,51)/t23-,27?,31?,32?,37-/m0/s1. The smallest absolute Gasteiger partial charge is 0.328 e. The van der Waals surface area contributed by atoms with Gasteiger partial charge >= 0.3 is 5.97 Å². The van der Waals surface area contributed by atoms with Crippen molar-refractivity contribution in [2.45, 2.75) is 52.0 Å². The first-order valence-corrected chi connectivity index (χ1v) is 18.3. The quantitative estimate of drug-likeness (QED) is 0.148. The topological polar surface area (TPSA) is 171 Å². The van der Waals surface area contributed by atoms with Crippen LogP contribution in [0, 0.1) is 17.8 Å². The number of carbonyl (C=O) groups excluding carboxylic acids is 3. The van der Waals surface area contributed by atoms with E-state index in [-0.39, 0.29) is 61.6 Å². The highest BCUT2D eigenvalue weighted by Gasteiger charge is 2.48. The fourth-order valence-corrected chi connectivity index (χ4v) is 7.62. The number of benzene rings is 3. The third-order valence-electron chi connectivity index (χ3n) is 10.2. The number of amides is 3. The van der Waals surface area contributed by atoms with Gasteiger partial charge in [0.1, 0.15) is 5.75 Å². The number of hydrogen-bond donors (Lipinski definition) is 4. The van der Waals surface area contributed by atoms with Crippen LogP contribution in [0.15, 0.2) is 66.9 Å². The number of piperidine rings is 1. The number of phenolic OH excluding ortho intramolecular Hbond substituents is 1. The molecule has 6 rings (SSSR count). The number of ether oxygens (including phenoxy) is 3. The van der Waals surface area contributed by atoms with Gasteiger partial charge < -0.3 is 44.5 Å². The molecule has 0 saturated carbocycles. The minimum atomic E-state index is -1.41. The number of aromatic hydroxyl groups is 1. The highest BCUT2D eigenvalue weighted by Crippen LogP contribution is 2.38. The first-order valence-electron chi connectivity index (χ1n) is 17.9. The molecule has 4 aromatic rings. The molecule has 0 bridgehead atoms. The van der Waals surface area contributed by atoms with Crippen molar-refractivity contribution < 1.29 is 43.6 Å². The summed E-state index contributed by atoms with van der Waals surface area (Å²) in [7, 11) is 1.50. The van der Waals surface area contributed by atoms with Gasteiger partial charge in [-0.2, -0.15) is 0 Å². The molecule has 2 fully saturated rings. The van der Waals surface area contributed by atoms with Crippen LogP contribution in [-0.2, 0) is 32.1 Å². The molecule has 1 aromatic heterocycles. The molecule has 2 saturated heterocycles. The summed E-state index contributed by atoms with van der Waals surface area (Å²) in [4.78, 5) is 61.0. The highest BCUT2D eigenvalue weighted by molar-refractivity contribution is 6.31. The number of halogens is 1. The van der Waals surface area contributed by atoms with Crippen LogP contribution in [0.5, 0.6) is 17.2 Å². The molecule has 5 atom stereocenters. The second-order valence-electron chi connectivity index (χ2n) is 14.3. The van der Waals surface area contributed by atoms with E-state index in [2.05, 4.69) is 10.3 Å². The number of fused-ring (bicyclic) bond motifs is 2. The van der Waals surface area contributed by atoms with Crippen molar-refractivity contribution >= 4 is 46.2 Å². The zero-order valence-electron chi connectivity index (χ0n) is 30.6. The molecule has 4 N–H and O–H groups in total. The molecule has 2 aliphatic rings. The van der Waals surface area contributed by atoms with Crippen molar-refractivity contribution in [1.29, 1.82) is 0 Å². The summed E-state index contributed by atoms with van der Waals surface area (Å²) in [6.07, 6.45) is 0.797. The summed E-state index contributed by atoms with van der Waals surface area (Å²) in [5, 5.41) is 24.1. The first-order chi connectivity index (χ1) is 25.8. The van der Waals surface area contributed by atoms with Gasteiger partial charge in [-0.05, 0) is 86.2 Å². The Hall–Kier alpha value is -5.27. The number of aromatic nitrogens is 1. The summed E-state index contributed by atoms with van der Waals surface area (Å²) >= 11 is 6.17. The van der Waals surface area contributed by atoms with E-state index in [0.717, 1.165) is 16.5 Å². The normalized spacial score (nSPS) is 19.3. The average Bonchev–Trinajstić information content (AvgIpc) is 3.75. The Balaban J connectivity index is 1.22. The maximum absolute atomic E-state index is 14.2. The molecule has 3 amide bonds. The number of phenols is 1. The van der Waals surface area contributed by atoms with Crippen molar-refractivity contribution in [1.82, 2.24) is 20.1 Å². The molecular formula is C40H45ClN4O9.